The number of hydrogen-bond acceptors (Lipinski definition) is 2. The molecule has 0 saturated heterocycles. The lowest BCUT2D eigenvalue weighted by atomic mass is 9.75. The fraction of sp³-hybridized carbons (Fsp3) is 0.562. The number of benzene rings is 1. The summed E-state index contributed by atoms with van der Waals surface area (Å²) in [5.41, 5.74) is 3.44. The molecule has 3 heteroatoms. The molecule has 1 aromatic rings. The van der Waals surface area contributed by atoms with E-state index in [9.17, 15) is 4.79 Å². The van der Waals surface area contributed by atoms with Crippen LogP contribution in [0.15, 0.2) is 12.1 Å². The van der Waals surface area contributed by atoms with Crippen LogP contribution in [0.4, 0.5) is 0 Å². The highest BCUT2D eigenvalue weighted by Gasteiger charge is 2.29. The molecule has 1 N–H and O–H groups in total. The average Bonchev–Trinajstić information content (AvgIpc) is 2.35. The van der Waals surface area contributed by atoms with Crippen molar-refractivity contribution in [3.05, 3.63) is 28.8 Å². The SMILES string of the molecule is COc1ccc(C(C)(C)CC(=O)O)c2c1CCCC2. The Hall–Kier alpha value is -1.51. The summed E-state index contributed by atoms with van der Waals surface area (Å²) in [4.78, 5) is 11.1. The van der Waals surface area contributed by atoms with E-state index in [0.29, 0.717) is 0 Å². The minimum Gasteiger partial charge on any atom is -0.496 e. The lowest BCUT2D eigenvalue weighted by molar-refractivity contribution is -0.138. The number of aliphatic carboxylic acids is 1. The quantitative estimate of drug-likeness (QED) is 0.905. The van der Waals surface area contributed by atoms with E-state index in [0.717, 1.165) is 18.6 Å². The molecule has 3 nitrogen and oxygen atoms in total. The summed E-state index contributed by atoms with van der Waals surface area (Å²) in [5, 5.41) is 9.09. The Morgan fingerprint density at radius 2 is 1.89 bits per heavy atom. The molecular weight excluding hydrogens is 240 g/mol. The van der Waals surface area contributed by atoms with Crippen LogP contribution in [0.1, 0.15) is 49.8 Å². The van der Waals surface area contributed by atoms with Crippen molar-refractivity contribution in [2.24, 2.45) is 0 Å². The van der Waals surface area contributed by atoms with Gasteiger partial charge in [0, 0.05) is 5.41 Å². The number of fused-ring (bicyclic) bond motifs is 1. The number of carbonyl (C=O) groups is 1. The molecular formula is C16H22O3. The third-order valence-corrected chi connectivity index (χ3v) is 4.03. The zero-order chi connectivity index (χ0) is 14.0. The maximum atomic E-state index is 11.1. The molecule has 2 rings (SSSR count). The number of carboxylic acid groups (broad SMARTS) is 1. The molecule has 0 bridgehead atoms. The number of hydrogen-bond donors (Lipinski definition) is 1. The van der Waals surface area contributed by atoms with Crippen LogP contribution in [0, 0.1) is 0 Å². The van der Waals surface area contributed by atoms with Gasteiger partial charge in [-0.05, 0) is 48.4 Å². The van der Waals surface area contributed by atoms with Crippen LogP contribution < -0.4 is 4.74 Å². The first-order valence-electron chi connectivity index (χ1n) is 6.87. The minimum atomic E-state index is -0.745. The molecule has 0 unspecified atom stereocenters. The van der Waals surface area contributed by atoms with Crippen LogP contribution in [0.2, 0.25) is 0 Å². The van der Waals surface area contributed by atoms with Gasteiger partial charge in [0.05, 0.1) is 13.5 Å². The van der Waals surface area contributed by atoms with Crippen molar-refractivity contribution in [2.45, 2.75) is 51.4 Å². The molecule has 0 heterocycles. The molecule has 0 spiro atoms. The van der Waals surface area contributed by atoms with Crippen molar-refractivity contribution in [3.8, 4) is 5.75 Å². The van der Waals surface area contributed by atoms with Gasteiger partial charge < -0.3 is 9.84 Å². The molecule has 0 fully saturated rings. The third-order valence-electron chi connectivity index (χ3n) is 4.03. The van der Waals surface area contributed by atoms with Crippen LogP contribution in [-0.2, 0) is 23.1 Å². The van der Waals surface area contributed by atoms with Gasteiger partial charge in [-0.25, -0.2) is 0 Å². The summed E-state index contributed by atoms with van der Waals surface area (Å²) in [5.74, 6) is 0.204. The van der Waals surface area contributed by atoms with Gasteiger partial charge in [-0.1, -0.05) is 19.9 Å². The van der Waals surface area contributed by atoms with Crippen molar-refractivity contribution in [2.75, 3.05) is 7.11 Å². The molecule has 1 aliphatic rings. The van der Waals surface area contributed by atoms with Crippen molar-refractivity contribution in [1.29, 1.82) is 0 Å². The van der Waals surface area contributed by atoms with Crippen molar-refractivity contribution < 1.29 is 14.6 Å². The minimum absolute atomic E-state index is 0.159. The molecule has 0 aromatic heterocycles. The van der Waals surface area contributed by atoms with Gasteiger partial charge in [-0.3, -0.25) is 4.79 Å². The largest absolute Gasteiger partial charge is 0.496 e. The van der Waals surface area contributed by atoms with Crippen LogP contribution in [0.25, 0.3) is 0 Å². The first-order valence-corrected chi connectivity index (χ1v) is 6.87. The highest BCUT2D eigenvalue weighted by Crippen LogP contribution is 2.38. The summed E-state index contributed by atoms with van der Waals surface area (Å²) in [6.45, 7) is 4.02. The molecule has 0 atom stereocenters. The number of carboxylic acids is 1. The van der Waals surface area contributed by atoms with E-state index in [-0.39, 0.29) is 11.8 Å². The van der Waals surface area contributed by atoms with E-state index >= 15 is 0 Å². The zero-order valence-corrected chi connectivity index (χ0v) is 12.0. The second-order valence-electron chi connectivity index (χ2n) is 5.93. The van der Waals surface area contributed by atoms with Crippen LogP contribution in [0.5, 0.6) is 5.75 Å². The Labute approximate surface area is 114 Å². The summed E-state index contributed by atoms with van der Waals surface area (Å²) < 4.78 is 5.45. The predicted molar refractivity (Wildman–Crippen MR) is 74.9 cm³/mol. The number of methoxy groups -OCH3 is 1. The number of rotatable bonds is 4. The van der Waals surface area contributed by atoms with Crippen LogP contribution >= 0.6 is 0 Å². The van der Waals surface area contributed by atoms with Gasteiger partial charge in [-0.2, -0.15) is 0 Å². The first-order chi connectivity index (χ1) is 8.95. The van der Waals surface area contributed by atoms with E-state index in [1.165, 1.54) is 29.5 Å². The molecule has 19 heavy (non-hydrogen) atoms. The van der Waals surface area contributed by atoms with E-state index in [4.69, 9.17) is 9.84 Å². The summed E-state index contributed by atoms with van der Waals surface area (Å²) in [6.07, 6.45) is 4.59. The van der Waals surface area contributed by atoms with E-state index < -0.39 is 5.97 Å². The van der Waals surface area contributed by atoms with Gasteiger partial charge in [0.1, 0.15) is 5.75 Å². The molecule has 1 aromatic carbocycles. The van der Waals surface area contributed by atoms with Gasteiger partial charge in [0.15, 0.2) is 0 Å². The van der Waals surface area contributed by atoms with E-state index in [1.54, 1.807) is 7.11 Å². The zero-order valence-electron chi connectivity index (χ0n) is 12.0. The molecule has 0 radical (unpaired) electrons. The highest BCUT2D eigenvalue weighted by molar-refractivity contribution is 5.69. The maximum absolute atomic E-state index is 11.1. The topological polar surface area (TPSA) is 46.5 Å². The monoisotopic (exact) mass is 262 g/mol. The molecule has 0 saturated carbocycles. The molecule has 1 aliphatic carbocycles. The standard InChI is InChI=1S/C16H22O3/c1-16(2,10-15(17)18)13-8-9-14(19-3)12-7-5-4-6-11(12)13/h8-9H,4-7,10H2,1-3H3,(H,17,18). The van der Waals surface area contributed by atoms with Crippen LogP contribution in [0.3, 0.4) is 0 Å². The summed E-state index contributed by atoms with van der Waals surface area (Å²) >= 11 is 0. The maximum Gasteiger partial charge on any atom is 0.304 e. The van der Waals surface area contributed by atoms with Crippen molar-refractivity contribution in [3.63, 3.8) is 0 Å². The van der Waals surface area contributed by atoms with Gasteiger partial charge in [0.25, 0.3) is 0 Å². The Bertz CT molecular complexity index is 489. The Morgan fingerprint density at radius 1 is 1.26 bits per heavy atom. The average molecular weight is 262 g/mol. The highest BCUT2D eigenvalue weighted by atomic mass is 16.5. The summed E-state index contributed by atoms with van der Waals surface area (Å²) in [6, 6.07) is 4.04. The van der Waals surface area contributed by atoms with E-state index in [2.05, 4.69) is 0 Å². The normalized spacial score (nSPS) is 14.9. The van der Waals surface area contributed by atoms with Gasteiger partial charge >= 0.3 is 5.97 Å². The summed E-state index contributed by atoms with van der Waals surface area (Å²) in [7, 11) is 1.70. The predicted octanol–water partition coefficient (Wildman–Crippen LogP) is 3.33. The Balaban J connectivity index is 2.49. The lowest BCUT2D eigenvalue weighted by Gasteiger charge is -2.30. The van der Waals surface area contributed by atoms with Gasteiger partial charge in [0.2, 0.25) is 0 Å². The molecule has 104 valence electrons. The second-order valence-corrected chi connectivity index (χ2v) is 5.93. The number of ether oxygens (including phenoxy) is 1. The second kappa shape index (κ2) is 5.24. The fourth-order valence-electron chi connectivity index (χ4n) is 3.13. The Kier molecular flexibility index (Phi) is 3.83. The van der Waals surface area contributed by atoms with E-state index in [1.807, 2.05) is 26.0 Å². The Morgan fingerprint density at radius 3 is 2.47 bits per heavy atom. The smallest absolute Gasteiger partial charge is 0.304 e. The fourth-order valence-corrected chi connectivity index (χ4v) is 3.13. The molecule has 0 amide bonds. The lowest BCUT2D eigenvalue weighted by Crippen LogP contribution is -2.25. The third kappa shape index (κ3) is 2.75. The van der Waals surface area contributed by atoms with Gasteiger partial charge in [-0.15, -0.1) is 0 Å². The molecule has 0 aliphatic heterocycles. The van der Waals surface area contributed by atoms with Crippen molar-refractivity contribution >= 4 is 5.97 Å². The first kappa shape index (κ1) is 13.9. The van der Waals surface area contributed by atoms with Crippen molar-refractivity contribution in [1.82, 2.24) is 0 Å². The van der Waals surface area contributed by atoms with Crippen LogP contribution in [-0.4, -0.2) is 18.2 Å².